The average molecular weight is 394 g/mol. The molecule has 1 saturated heterocycles. The summed E-state index contributed by atoms with van der Waals surface area (Å²) in [6.45, 7) is 1.44. The summed E-state index contributed by atoms with van der Waals surface area (Å²) in [5, 5.41) is 10.4. The Morgan fingerprint density at radius 2 is 1.97 bits per heavy atom. The van der Waals surface area contributed by atoms with Crippen molar-refractivity contribution in [1.82, 2.24) is 30.3 Å². The molecule has 4 rings (SSSR count). The lowest BCUT2D eigenvalue weighted by Crippen LogP contribution is -2.38. The number of amides is 1. The number of aromatic amines is 1. The molecule has 0 bridgehead atoms. The number of H-pyrrole nitrogens is 1. The number of likely N-dealkylation sites (tertiary alicyclic amines) is 1. The van der Waals surface area contributed by atoms with Gasteiger partial charge in [-0.25, -0.2) is 14.4 Å². The number of hydrogen-bond donors (Lipinski definition) is 1. The minimum Gasteiger partial charge on any atom is -0.343 e. The largest absolute Gasteiger partial charge is 0.343 e. The number of hydrogen-bond acceptors (Lipinski definition) is 5. The topological polar surface area (TPSA) is 87.7 Å². The normalized spacial score (nSPS) is 14.9. The van der Waals surface area contributed by atoms with E-state index in [1.807, 2.05) is 11.0 Å². The predicted molar refractivity (Wildman–Crippen MR) is 105 cm³/mol. The Kier molecular flexibility index (Phi) is 5.88. The van der Waals surface area contributed by atoms with Crippen LogP contribution in [-0.4, -0.2) is 49.3 Å². The monoisotopic (exact) mass is 394 g/mol. The smallest absolute Gasteiger partial charge is 0.222 e. The van der Waals surface area contributed by atoms with Gasteiger partial charge in [0.1, 0.15) is 11.6 Å². The van der Waals surface area contributed by atoms with Crippen LogP contribution in [-0.2, 0) is 11.2 Å². The van der Waals surface area contributed by atoms with E-state index in [4.69, 9.17) is 4.98 Å². The van der Waals surface area contributed by atoms with Crippen molar-refractivity contribution in [2.24, 2.45) is 0 Å². The van der Waals surface area contributed by atoms with Gasteiger partial charge in [-0.15, -0.1) is 0 Å². The number of carbonyl (C=O) groups is 1. The van der Waals surface area contributed by atoms with Crippen LogP contribution in [0.4, 0.5) is 4.39 Å². The summed E-state index contributed by atoms with van der Waals surface area (Å²) in [5.74, 6) is 0.952. The first kappa shape index (κ1) is 19.2. The van der Waals surface area contributed by atoms with Gasteiger partial charge in [-0.2, -0.15) is 15.4 Å². The molecule has 1 amide bonds. The summed E-state index contributed by atoms with van der Waals surface area (Å²) in [5.41, 5.74) is 2.55. The van der Waals surface area contributed by atoms with Gasteiger partial charge >= 0.3 is 0 Å². The maximum Gasteiger partial charge on any atom is 0.222 e. The van der Waals surface area contributed by atoms with E-state index in [1.165, 1.54) is 12.1 Å². The Hall–Kier alpha value is -3.16. The molecule has 3 heterocycles. The van der Waals surface area contributed by atoms with Gasteiger partial charge < -0.3 is 4.90 Å². The van der Waals surface area contributed by atoms with Crippen molar-refractivity contribution in [3.05, 3.63) is 60.1 Å². The van der Waals surface area contributed by atoms with Gasteiger partial charge in [0.25, 0.3) is 0 Å². The van der Waals surface area contributed by atoms with Crippen molar-refractivity contribution < 1.29 is 9.18 Å². The lowest BCUT2D eigenvalue weighted by atomic mass is 9.95. The number of nitrogens with one attached hydrogen (secondary N) is 1. The molecular formula is C21H23FN6O. The Labute approximate surface area is 168 Å². The first-order valence-corrected chi connectivity index (χ1v) is 9.90. The number of piperidine rings is 1. The molecule has 0 unspecified atom stereocenters. The second-order valence-corrected chi connectivity index (χ2v) is 7.28. The van der Waals surface area contributed by atoms with E-state index in [-0.39, 0.29) is 17.6 Å². The Morgan fingerprint density at radius 1 is 1.17 bits per heavy atom. The molecule has 1 aromatic carbocycles. The number of aryl methyl sites for hydroxylation is 1. The number of rotatable bonds is 6. The third-order valence-electron chi connectivity index (χ3n) is 5.32. The molecule has 1 aliphatic heterocycles. The Bertz CT molecular complexity index is 936. The maximum absolute atomic E-state index is 13.2. The zero-order valence-corrected chi connectivity index (χ0v) is 16.1. The van der Waals surface area contributed by atoms with Gasteiger partial charge in [0.15, 0.2) is 0 Å². The average Bonchev–Trinajstić information content (AvgIpc) is 3.28. The molecule has 8 heteroatoms. The minimum atomic E-state index is -0.263. The summed E-state index contributed by atoms with van der Waals surface area (Å²) in [6.07, 6.45) is 7.19. The van der Waals surface area contributed by atoms with Crippen LogP contribution in [0.5, 0.6) is 0 Å². The molecule has 0 aliphatic carbocycles. The van der Waals surface area contributed by atoms with E-state index in [9.17, 15) is 9.18 Å². The second kappa shape index (κ2) is 8.89. The van der Waals surface area contributed by atoms with Gasteiger partial charge in [-0.1, -0.05) is 0 Å². The van der Waals surface area contributed by atoms with E-state index in [0.717, 1.165) is 61.5 Å². The van der Waals surface area contributed by atoms with Crippen LogP contribution >= 0.6 is 0 Å². The summed E-state index contributed by atoms with van der Waals surface area (Å²) in [6, 6.07) is 8.15. The van der Waals surface area contributed by atoms with E-state index in [2.05, 4.69) is 20.4 Å². The molecule has 150 valence electrons. The Morgan fingerprint density at radius 3 is 2.69 bits per heavy atom. The highest BCUT2D eigenvalue weighted by molar-refractivity contribution is 5.76. The lowest BCUT2D eigenvalue weighted by molar-refractivity contribution is -0.132. The van der Waals surface area contributed by atoms with Crippen molar-refractivity contribution in [2.75, 3.05) is 13.1 Å². The van der Waals surface area contributed by atoms with Crippen molar-refractivity contribution in [2.45, 2.75) is 38.0 Å². The third-order valence-corrected chi connectivity index (χ3v) is 5.32. The summed E-state index contributed by atoms with van der Waals surface area (Å²) < 4.78 is 13.2. The minimum absolute atomic E-state index is 0.188. The number of halogens is 1. The second-order valence-electron chi connectivity index (χ2n) is 7.28. The van der Waals surface area contributed by atoms with Crippen LogP contribution in [0.25, 0.3) is 11.3 Å². The molecule has 29 heavy (non-hydrogen) atoms. The molecule has 7 nitrogen and oxygen atoms in total. The van der Waals surface area contributed by atoms with Crippen LogP contribution < -0.4 is 0 Å². The number of carbonyl (C=O) groups excluding carboxylic acids is 1. The number of aromatic nitrogens is 5. The van der Waals surface area contributed by atoms with Crippen molar-refractivity contribution in [3.8, 4) is 11.3 Å². The van der Waals surface area contributed by atoms with E-state index in [1.54, 1.807) is 24.5 Å². The molecule has 3 aromatic rings. The molecule has 1 aliphatic rings. The summed E-state index contributed by atoms with van der Waals surface area (Å²) in [7, 11) is 0. The molecular weight excluding hydrogens is 371 g/mol. The summed E-state index contributed by atoms with van der Waals surface area (Å²) >= 11 is 0. The van der Waals surface area contributed by atoms with Crippen LogP contribution in [0, 0.1) is 5.82 Å². The van der Waals surface area contributed by atoms with Crippen molar-refractivity contribution >= 4 is 5.91 Å². The van der Waals surface area contributed by atoms with Crippen molar-refractivity contribution in [3.63, 3.8) is 0 Å². The molecule has 0 spiro atoms. The van der Waals surface area contributed by atoms with Gasteiger partial charge in [-0.05, 0) is 56.0 Å². The van der Waals surface area contributed by atoms with Crippen LogP contribution in [0.3, 0.4) is 0 Å². The highest BCUT2D eigenvalue weighted by Gasteiger charge is 2.25. The molecule has 0 radical (unpaired) electrons. The fourth-order valence-corrected chi connectivity index (χ4v) is 3.66. The fourth-order valence-electron chi connectivity index (χ4n) is 3.66. The maximum atomic E-state index is 13.2. The van der Waals surface area contributed by atoms with Crippen LogP contribution in [0.2, 0.25) is 0 Å². The number of benzene rings is 1. The quantitative estimate of drug-likeness (QED) is 0.694. The summed E-state index contributed by atoms with van der Waals surface area (Å²) in [4.78, 5) is 23.5. The van der Waals surface area contributed by atoms with E-state index in [0.29, 0.717) is 6.42 Å². The van der Waals surface area contributed by atoms with Gasteiger partial charge in [0.05, 0.1) is 17.6 Å². The first-order chi connectivity index (χ1) is 14.2. The Balaban J connectivity index is 1.30. The van der Waals surface area contributed by atoms with Gasteiger partial charge in [0, 0.05) is 37.2 Å². The molecule has 1 fully saturated rings. The first-order valence-electron chi connectivity index (χ1n) is 9.90. The third kappa shape index (κ3) is 4.82. The van der Waals surface area contributed by atoms with Crippen LogP contribution in [0.1, 0.15) is 43.1 Å². The van der Waals surface area contributed by atoms with E-state index < -0.39 is 0 Å². The van der Waals surface area contributed by atoms with Crippen LogP contribution in [0.15, 0.2) is 42.7 Å². The lowest BCUT2D eigenvalue weighted by Gasteiger charge is -2.31. The highest BCUT2D eigenvalue weighted by Crippen LogP contribution is 2.27. The van der Waals surface area contributed by atoms with Crippen molar-refractivity contribution in [1.29, 1.82) is 0 Å². The molecule has 0 atom stereocenters. The fraction of sp³-hybridized carbons (Fsp3) is 0.381. The van der Waals surface area contributed by atoms with Gasteiger partial charge in [-0.3, -0.25) is 4.79 Å². The predicted octanol–water partition coefficient (Wildman–Crippen LogP) is 3.13. The zero-order chi connectivity index (χ0) is 20.1. The molecule has 0 saturated carbocycles. The zero-order valence-electron chi connectivity index (χ0n) is 16.1. The standard InChI is InChI=1S/C21H23FN6O/c22-17-6-4-15(5-7-17)19-8-11-23-21(25-19)16-9-12-28(13-10-16)20(29)3-1-2-18-14-24-27-26-18/h4-8,11,14,16H,1-3,9-10,12-13H2,(H,24,26,27). The molecule has 2 aromatic heterocycles. The molecule has 1 N–H and O–H groups in total. The van der Waals surface area contributed by atoms with E-state index >= 15 is 0 Å². The number of nitrogens with zero attached hydrogens (tertiary/aromatic N) is 5. The highest BCUT2D eigenvalue weighted by atomic mass is 19.1. The van der Waals surface area contributed by atoms with Gasteiger partial charge in [0.2, 0.25) is 5.91 Å². The SMILES string of the molecule is O=C(CCCc1cn[nH]n1)N1CCC(c2nccc(-c3ccc(F)cc3)n2)CC1.